The molecule has 18 heavy (non-hydrogen) atoms. The van der Waals surface area contributed by atoms with E-state index in [2.05, 4.69) is 5.32 Å². The topological polar surface area (TPSA) is 64.4 Å². The lowest BCUT2D eigenvalue weighted by Crippen LogP contribution is -2.51. The lowest BCUT2D eigenvalue weighted by molar-refractivity contribution is 0.0273. The van der Waals surface area contributed by atoms with Gasteiger partial charge in [-0.3, -0.25) is 4.79 Å². The quantitative estimate of drug-likeness (QED) is 0.809. The van der Waals surface area contributed by atoms with Gasteiger partial charge in [0.2, 0.25) is 0 Å². The van der Waals surface area contributed by atoms with Crippen LogP contribution >= 0.6 is 11.6 Å². The van der Waals surface area contributed by atoms with Gasteiger partial charge in [-0.05, 0) is 38.0 Å². The maximum atomic E-state index is 12.2. The van der Waals surface area contributed by atoms with Gasteiger partial charge in [0, 0.05) is 12.3 Å². The van der Waals surface area contributed by atoms with Gasteiger partial charge in [-0.1, -0.05) is 11.6 Å². The Labute approximate surface area is 111 Å². The molecule has 1 aliphatic rings. The molecule has 1 fully saturated rings. The van der Waals surface area contributed by atoms with Crippen molar-refractivity contribution in [2.24, 2.45) is 0 Å². The molecular weight excluding hydrogens is 252 g/mol. The molecule has 5 heteroatoms. The Kier molecular flexibility index (Phi) is 3.78. The molecule has 0 spiro atoms. The van der Waals surface area contributed by atoms with Gasteiger partial charge in [-0.15, -0.1) is 0 Å². The van der Waals surface area contributed by atoms with Crippen molar-refractivity contribution in [3.63, 3.8) is 0 Å². The number of hydrogen-bond donors (Lipinski definition) is 2. The van der Waals surface area contributed by atoms with Crippen LogP contribution < -0.4 is 11.1 Å². The van der Waals surface area contributed by atoms with Gasteiger partial charge < -0.3 is 15.8 Å². The number of anilines is 1. The summed E-state index contributed by atoms with van der Waals surface area (Å²) in [5.41, 5.74) is 6.27. The largest absolute Gasteiger partial charge is 0.399 e. The minimum Gasteiger partial charge on any atom is -0.399 e. The predicted octanol–water partition coefficient (Wildman–Crippen LogP) is 2.22. The fourth-order valence-electron chi connectivity index (χ4n) is 2.09. The number of nitrogen functional groups attached to an aromatic ring is 1. The summed E-state index contributed by atoms with van der Waals surface area (Å²) in [5, 5.41) is 3.38. The maximum Gasteiger partial charge on any atom is 0.253 e. The summed E-state index contributed by atoms with van der Waals surface area (Å²) in [6.07, 6.45) is 1.85. The zero-order valence-corrected chi connectivity index (χ0v) is 11.1. The van der Waals surface area contributed by atoms with E-state index in [0.717, 1.165) is 19.4 Å². The highest BCUT2D eigenvalue weighted by Crippen LogP contribution is 2.22. The number of amides is 1. The molecule has 1 heterocycles. The zero-order valence-electron chi connectivity index (χ0n) is 10.3. The van der Waals surface area contributed by atoms with Crippen LogP contribution in [0.3, 0.4) is 0 Å². The van der Waals surface area contributed by atoms with Crippen LogP contribution in [0.2, 0.25) is 5.02 Å². The summed E-state index contributed by atoms with van der Waals surface area (Å²) >= 11 is 6.01. The van der Waals surface area contributed by atoms with Crippen molar-refractivity contribution in [1.82, 2.24) is 5.32 Å². The molecule has 3 N–H and O–H groups in total. The highest BCUT2D eigenvalue weighted by molar-refractivity contribution is 6.34. The summed E-state index contributed by atoms with van der Waals surface area (Å²) in [6, 6.07) is 4.89. The Morgan fingerprint density at radius 3 is 3.00 bits per heavy atom. The van der Waals surface area contributed by atoms with E-state index in [1.165, 1.54) is 0 Å². The SMILES string of the molecule is CC1(NC(=O)c2cc(N)ccc2Cl)CCCOC1. The van der Waals surface area contributed by atoms with E-state index in [4.69, 9.17) is 22.1 Å². The summed E-state index contributed by atoms with van der Waals surface area (Å²) < 4.78 is 5.40. The highest BCUT2D eigenvalue weighted by atomic mass is 35.5. The standard InChI is InChI=1S/C13H17ClN2O2/c1-13(5-2-6-18-8-13)16-12(17)10-7-9(15)3-4-11(10)14/h3-4,7H,2,5-6,8,15H2,1H3,(H,16,17). The number of nitrogens with one attached hydrogen (secondary N) is 1. The second kappa shape index (κ2) is 5.16. The van der Waals surface area contributed by atoms with Crippen molar-refractivity contribution in [3.8, 4) is 0 Å². The van der Waals surface area contributed by atoms with Crippen molar-refractivity contribution in [2.75, 3.05) is 18.9 Å². The van der Waals surface area contributed by atoms with Gasteiger partial charge in [0.15, 0.2) is 0 Å². The minimum atomic E-state index is -0.330. The fourth-order valence-corrected chi connectivity index (χ4v) is 2.29. The van der Waals surface area contributed by atoms with Gasteiger partial charge >= 0.3 is 0 Å². The first kappa shape index (κ1) is 13.2. The number of carbonyl (C=O) groups is 1. The Balaban J connectivity index is 2.14. The van der Waals surface area contributed by atoms with Gasteiger partial charge in [0.25, 0.3) is 5.91 Å². The summed E-state index contributed by atoms with van der Waals surface area (Å²) in [5.74, 6) is -0.208. The molecule has 1 saturated heterocycles. The van der Waals surface area contributed by atoms with Gasteiger partial charge in [-0.25, -0.2) is 0 Å². The van der Waals surface area contributed by atoms with E-state index in [-0.39, 0.29) is 11.4 Å². The smallest absolute Gasteiger partial charge is 0.253 e. The number of ether oxygens (including phenoxy) is 1. The van der Waals surface area contributed by atoms with Gasteiger partial charge in [0.1, 0.15) is 0 Å². The molecular formula is C13H17ClN2O2. The number of benzene rings is 1. The van der Waals surface area contributed by atoms with Gasteiger partial charge in [0.05, 0.1) is 22.7 Å². The van der Waals surface area contributed by atoms with Crippen molar-refractivity contribution in [2.45, 2.75) is 25.3 Å². The average Bonchev–Trinajstić information content (AvgIpc) is 2.32. The number of hydrogen-bond acceptors (Lipinski definition) is 3. The summed E-state index contributed by atoms with van der Waals surface area (Å²) in [4.78, 5) is 12.2. The van der Waals surface area contributed by atoms with E-state index in [1.54, 1.807) is 18.2 Å². The van der Waals surface area contributed by atoms with Crippen LogP contribution in [0.15, 0.2) is 18.2 Å². The van der Waals surface area contributed by atoms with E-state index >= 15 is 0 Å². The monoisotopic (exact) mass is 268 g/mol. The molecule has 0 aliphatic carbocycles. The fraction of sp³-hybridized carbons (Fsp3) is 0.462. The third-order valence-corrected chi connectivity index (χ3v) is 3.42. The molecule has 4 nitrogen and oxygen atoms in total. The van der Waals surface area contributed by atoms with Crippen LogP contribution in [-0.2, 0) is 4.74 Å². The minimum absolute atomic E-state index is 0.208. The van der Waals surface area contributed by atoms with E-state index in [0.29, 0.717) is 22.9 Å². The van der Waals surface area contributed by atoms with Crippen molar-refractivity contribution in [1.29, 1.82) is 0 Å². The van der Waals surface area contributed by atoms with Crippen LogP contribution in [0, 0.1) is 0 Å². The lowest BCUT2D eigenvalue weighted by atomic mass is 9.94. The number of halogens is 1. The Hall–Kier alpha value is -1.26. The molecule has 1 amide bonds. The first-order valence-corrected chi connectivity index (χ1v) is 6.33. The number of rotatable bonds is 2. The molecule has 0 aromatic heterocycles. The second-order valence-corrected chi connectivity index (χ2v) is 5.32. The van der Waals surface area contributed by atoms with Crippen LogP contribution in [0.25, 0.3) is 0 Å². The predicted molar refractivity (Wildman–Crippen MR) is 71.8 cm³/mol. The Bertz CT molecular complexity index is 456. The van der Waals surface area contributed by atoms with E-state index in [1.807, 2.05) is 6.92 Å². The Morgan fingerprint density at radius 1 is 1.56 bits per heavy atom. The van der Waals surface area contributed by atoms with E-state index < -0.39 is 0 Å². The normalized spacial score (nSPS) is 23.7. The second-order valence-electron chi connectivity index (χ2n) is 4.91. The molecule has 1 atom stereocenters. The third-order valence-electron chi connectivity index (χ3n) is 3.09. The lowest BCUT2D eigenvalue weighted by Gasteiger charge is -2.34. The third kappa shape index (κ3) is 2.94. The van der Waals surface area contributed by atoms with Crippen molar-refractivity contribution in [3.05, 3.63) is 28.8 Å². The summed E-state index contributed by atoms with van der Waals surface area (Å²) in [6.45, 7) is 3.26. The molecule has 0 saturated carbocycles. The first-order chi connectivity index (χ1) is 8.50. The van der Waals surface area contributed by atoms with Crippen LogP contribution in [-0.4, -0.2) is 24.7 Å². The molecule has 1 aromatic carbocycles. The Morgan fingerprint density at radius 2 is 2.33 bits per heavy atom. The number of carbonyl (C=O) groups excluding carboxylic acids is 1. The molecule has 1 aliphatic heterocycles. The first-order valence-electron chi connectivity index (χ1n) is 5.95. The van der Waals surface area contributed by atoms with Crippen LogP contribution in [0.1, 0.15) is 30.1 Å². The molecule has 0 bridgehead atoms. The molecule has 2 rings (SSSR count). The van der Waals surface area contributed by atoms with Crippen molar-refractivity contribution >= 4 is 23.2 Å². The van der Waals surface area contributed by atoms with Crippen LogP contribution in [0.4, 0.5) is 5.69 Å². The highest BCUT2D eigenvalue weighted by Gasteiger charge is 2.30. The molecule has 1 unspecified atom stereocenters. The zero-order chi connectivity index (χ0) is 13.2. The van der Waals surface area contributed by atoms with Crippen LogP contribution in [0.5, 0.6) is 0 Å². The van der Waals surface area contributed by atoms with E-state index in [9.17, 15) is 4.79 Å². The maximum absolute atomic E-state index is 12.2. The number of nitrogens with two attached hydrogens (primary N) is 1. The van der Waals surface area contributed by atoms with Crippen molar-refractivity contribution < 1.29 is 9.53 Å². The molecule has 98 valence electrons. The summed E-state index contributed by atoms with van der Waals surface area (Å²) in [7, 11) is 0. The molecule has 0 radical (unpaired) electrons. The van der Waals surface area contributed by atoms with Gasteiger partial charge in [-0.2, -0.15) is 0 Å². The molecule has 1 aromatic rings. The average molecular weight is 269 g/mol.